The van der Waals surface area contributed by atoms with E-state index in [1.54, 1.807) is 6.20 Å². The molecule has 90 valence electrons. The van der Waals surface area contributed by atoms with Gasteiger partial charge in [0.1, 0.15) is 12.1 Å². The van der Waals surface area contributed by atoms with E-state index < -0.39 is 9.84 Å². The van der Waals surface area contributed by atoms with Crippen molar-refractivity contribution in [2.75, 3.05) is 16.8 Å². The van der Waals surface area contributed by atoms with Crippen LogP contribution in [0.3, 0.4) is 0 Å². The molecule has 1 aliphatic rings. The summed E-state index contributed by atoms with van der Waals surface area (Å²) in [6.07, 6.45) is 3.67. The Morgan fingerprint density at radius 1 is 1.41 bits per heavy atom. The fourth-order valence-electron chi connectivity index (χ4n) is 1.98. The number of nitrogens with zero attached hydrogens (tertiary/aromatic N) is 3. The highest BCUT2D eigenvalue weighted by molar-refractivity contribution is 7.91. The average Bonchev–Trinajstić information content (AvgIpc) is 2.85. The van der Waals surface area contributed by atoms with Crippen LogP contribution < -0.4 is 5.32 Å². The average molecular weight is 253 g/mol. The lowest BCUT2D eigenvalue weighted by Gasteiger charge is -2.11. The zero-order valence-electron chi connectivity index (χ0n) is 8.92. The Balaban J connectivity index is 1.88. The summed E-state index contributed by atoms with van der Waals surface area (Å²) in [7, 11) is -2.88. The maximum atomic E-state index is 11.4. The molecule has 1 atom stereocenters. The molecule has 1 aliphatic heterocycles. The number of sulfone groups is 1. The number of aromatic amines is 1. The number of nitrogens with one attached hydrogen (secondary N) is 2. The molecule has 3 heterocycles. The van der Waals surface area contributed by atoms with Gasteiger partial charge in [-0.2, -0.15) is 5.10 Å². The van der Waals surface area contributed by atoms with E-state index in [1.807, 2.05) is 0 Å². The first kappa shape index (κ1) is 10.5. The minimum atomic E-state index is -2.88. The first-order valence-electron chi connectivity index (χ1n) is 5.25. The van der Waals surface area contributed by atoms with E-state index >= 15 is 0 Å². The molecule has 0 bridgehead atoms. The minimum Gasteiger partial charge on any atom is -0.366 e. The smallest absolute Gasteiger partial charge is 0.160 e. The molecular formula is C9H11N5O2S. The van der Waals surface area contributed by atoms with Crippen LogP contribution in [0.25, 0.3) is 11.0 Å². The second-order valence-corrected chi connectivity index (χ2v) is 6.33. The molecule has 2 aromatic heterocycles. The van der Waals surface area contributed by atoms with E-state index in [2.05, 4.69) is 25.5 Å². The topological polar surface area (TPSA) is 101 Å². The molecule has 0 unspecified atom stereocenters. The van der Waals surface area contributed by atoms with Crippen LogP contribution in [0.5, 0.6) is 0 Å². The van der Waals surface area contributed by atoms with Crippen molar-refractivity contribution < 1.29 is 8.42 Å². The van der Waals surface area contributed by atoms with Crippen LogP contribution in [-0.2, 0) is 9.84 Å². The number of anilines is 1. The fraction of sp³-hybridized carbons (Fsp3) is 0.444. The van der Waals surface area contributed by atoms with E-state index in [-0.39, 0.29) is 17.5 Å². The van der Waals surface area contributed by atoms with E-state index in [1.165, 1.54) is 6.33 Å². The second kappa shape index (κ2) is 3.66. The maximum Gasteiger partial charge on any atom is 0.160 e. The summed E-state index contributed by atoms with van der Waals surface area (Å²) >= 11 is 0. The van der Waals surface area contributed by atoms with Gasteiger partial charge in [-0.1, -0.05) is 0 Å². The molecule has 17 heavy (non-hydrogen) atoms. The summed E-state index contributed by atoms with van der Waals surface area (Å²) in [5, 5.41) is 10.5. The number of H-pyrrole nitrogens is 1. The number of hydrogen-bond donors (Lipinski definition) is 2. The number of aromatic nitrogens is 4. The SMILES string of the molecule is O=S1(=O)CC[C@@H](Nc2ncnc3[nH]ncc23)C1. The van der Waals surface area contributed by atoms with E-state index in [0.717, 1.165) is 5.39 Å². The predicted molar refractivity (Wildman–Crippen MR) is 62.4 cm³/mol. The van der Waals surface area contributed by atoms with Gasteiger partial charge in [-0.15, -0.1) is 0 Å². The first-order valence-corrected chi connectivity index (χ1v) is 7.07. The molecule has 1 fully saturated rings. The van der Waals surface area contributed by atoms with Gasteiger partial charge in [0.2, 0.25) is 0 Å². The second-order valence-electron chi connectivity index (χ2n) is 4.10. The summed E-state index contributed by atoms with van der Waals surface area (Å²) in [6, 6.07) is -0.0759. The van der Waals surface area contributed by atoms with Crippen LogP contribution in [0, 0.1) is 0 Å². The molecule has 2 aromatic rings. The Morgan fingerprint density at radius 2 is 2.29 bits per heavy atom. The van der Waals surface area contributed by atoms with Gasteiger partial charge in [0.15, 0.2) is 15.5 Å². The quantitative estimate of drug-likeness (QED) is 0.778. The van der Waals surface area contributed by atoms with Gasteiger partial charge >= 0.3 is 0 Å². The molecule has 1 saturated heterocycles. The van der Waals surface area contributed by atoms with Gasteiger partial charge in [-0.05, 0) is 6.42 Å². The van der Waals surface area contributed by atoms with Gasteiger partial charge in [-0.3, -0.25) is 5.10 Å². The van der Waals surface area contributed by atoms with Crippen molar-refractivity contribution >= 4 is 26.7 Å². The maximum absolute atomic E-state index is 11.4. The monoisotopic (exact) mass is 253 g/mol. The third kappa shape index (κ3) is 1.95. The zero-order valence-corrected chi connectivity index (χ0v) is 9.74. The molecule has 0 aromatic carbocycles. The normalized spacial score (nSPS) is 22.9. The van der Waals surface area contributed by atoms with Gasteiger partial charge in [0.25, 0.3) is 0 Å². The number of rotatable bonds is 2. The Labute approximate surface area is 97.6 Å². The predicted octanol–water partition coefficient (Wildman–Crippen LogP) is -0.0481. The lowest BCUT2D eigenvalue weighted by Crippen LogP contribution is -2.21. The first-order chi connectivity index (χ1) is 8.14. The van der Waals surface area contributed by atoms with Crippen molar-refractivity contribution in [2.24, 2.45) is 0 Å². The Kier molecular flexibility index (Phi) is 2.25. The highest BCUT2D eigenvalue weighted by Gasteiger charge is 2.28. The van der Waals surface area contributed by atoms with Crippen molar-refractivity contribution in [2.45, 2.75) is 12.5 Å². The van der Waals surface area contributed by atoms with Crippen LogP contribution in [0.1, 0.15) is 6.42 Å². The molecule has 0 amide bonds. The molecule has 2 N–H and O–H groups in total. The van der Waals surface area contributed by atoms with Gasteiger partial charge < -0.3 is 5.32 Å². The molecule has 0 saturated carbocycles. The largest absolute Gasteiger partial charge is 0.366 e. The van der Waals surface area contributed by atoms with Crippen LogP contribution in [-0.4, -0.2) is 46.1 Å². The van der Waals surface area contributed by atoms with Gasteiger partial charge in [0, 0.05) is 6.04 Å². The van der Waals surface area contributed by atoms with Crippen LogP contribution in [0.2, 0.25) is 0 Å². The summed E-state index contributed by atoms with van der Waals surface area (Å²) in [4.78, 5) is 8.13. The Bertz CT molecular complexity index is 650. The third-order valence-corrected chi connectivity index (χ3v) is 4.59. The molecule has 0 aliphatic carbocycles. The lowest BCUT2D eigenvalue weighted by molar-refractivity contribution is 0.602. The van der Waals surface area contributed by atoms with Crippen molar-refractivity contribution in [3.05, 3.63) is 12.5 Å². The Hall–Kier alpha value is -1.70. The van der Waals surface area contributed by atoms with Crippen LogP contribution >= 0.6 is 0 Å². The summed E-state index contributed by atoms with van der Waals surface area (Å²) in [5.41, 5.74) is 0.642. The minimum absolute atomic E-state index is 0.0759. The number of hydrogen-bond acceptors (Lipinski definition) is 6. The standard InChI is InChI=1S/C9H11N5O2S/c15-17(16)2-1-6(4-17)13-8-7-3-12-14-9(7)11-5-10-8/h3,5-6H,1-2,4H2,(H2,10,11,12,13,14)/t6-/m1/s1. The zero-order chi connectivity index (χ0) is 11.9. The van der Waals surface area contributed by atoms with Crippen LogP contribution in [0.4, 0.5) is 5.82 Å². The lowest BCUT2D eigenvalue weighted by atomic mass is 10.2. The molecule has 3 rings (SSSR count). The van der Waals surface area contributed by atoms with E-state index in [0.29, 0.717) is 17.9 Å². The fourth-order valence-corrected chi connectivity index (χ4v) is 3.66. The number of fused-ring (bicyclic) bond motifs is 1. The summed E-state index contributed by atoms with van der Waals surface area (Å²) in [5.74, 6) is 1.03. The summed E-state index contributed by atoms with van der Waals surface area (Å²) in [6.45, 7) is 0. The third-order valence-electron chi connectivity index (χ3n) is 2.82. The highest BCUT2D eigenvalue weighted by atomic mass is 32.2. The molecular weight excluding hydrogens is 242 g/mol. The molecule has 0 radical (unpaired) electrons. The van der Waals surface area contributed by atoms with E-state index in [9.17, 15) is 8.42 Å². The van der Waals surface area contributed by atoms with Gasteiger partial charge in [0.05, 0.1) is 23.1 Å². The van der Waals surface area contributed by atoms with Crippen molar-refractivity contribution in [3.63, 3.8) is 0 Å². The Morgan fingerprint density at radius 3 is 3.06 bits per heavy atom. The molecule has 8 heteroatoms. The molecule has 0 spiro atoms. The van der Waals surface area contributed by atoms with Crippen molar-refractivity contribution in [1.82, 2.24) is 20.2 Å². The van der Waals surface area contributed by atoms with Gasteiger partial charge in [-0.25, -0.2) is 18.4 Å². The highest BCUT2D eigenvalue weighted by Crippen LogP contribution is 2.20. The van der Waals surface area contributed by atoms with Crippen molar-refractivity contribution in [1.29, 1.82) is 0 Å². The van der Waals surface area contributed by atoms with E-state index in [4.69, 9.17) is 0 Å². The van der Waals surface area contributed by atoms with Crippen LogP contribution in [0.15, 0.2) is 12.5 Å². The van der Waals surface area contributed by atoms with Crippen molar-refractivity contribution in [3.8, 4) is 0 Å². The molecule has 7 nitrogen and oxygen atoms in total. The summed E-state index contributed by atoms with van der Waals surface area (Å²) < 4.78 is 22.7.